The van der Waals surface area contributed by atoms with Crippen molar-refractivity contribution in [3.8, 4) is 0 Å². The van der Waals surface area contributed by atoms with Crippen LogP contribution < -0.4 is 15.8 Å². The van der Waals surface area contributed by atoms with Crippen molar-refractivity contribution >= 4 is 34.8 Å². The molecule has 9 heteroatoms. The van der Waals surface area contributed by atoms with Gasteiger partial charge in [-0.05, 0) is 62.2 Å². The van der Waals surface area contributed by atoms with Crippen LogP contribution in [0.3, 0.4) is 0 Å². The first-order chi connectivity index (χ1) is 16.1. The normalized spacial score (nSPS) is 13.9. The van der Waals surface area contributed by atoms with Gasteiger partial charge in [0.15, 0.2) is 4.77 Å². The number of nitrogens with zero attached hydrogens (tertiary/aromatic N) is 3. The first-order valence-corrected chi connectivity index (χ1v) is 11.7. The Bertz CT molecular complexity index is 1250. The molecule has 0 aliphatic carbocycles. The van der Waals surface area contributed by atoms with Crippen LogP contribution in [0, 0.1) is 4.77 Å². The van der Waals surface area contributed by atoms with Crippen molar-refractivity contribution in [2.24, 2.45) is 0 Å². The van der Waals surface area contributed by atoms with E-state index in [4.69, 9.17) is 17.0 Å². The van der Waals surface area contributed by atoms with Gasteiger partial charge in [-0.3, -0.25) is 14.2 Å². The fourth-order valence-electron chi connectivity index (χ4n) is 4.20. The fraction of sp³-hybridized carbons (Fsp3) is 0.417. The zero-order chi connectivity index (χ0) is 23.2. The Labute approximate surface area is 197 Å². The van der Waals surface area contributed by atoms with Crippen molar-refractivity contribution in [3.63, 3.8) is 0 Å². The Morgan fingerprint density at radius 2 is 2.06 bits per heavy atom. The standard InChI is InChI=1S/C24H29N5O3S/c1-32-14-6-13-29-23(31)19-9-8-17(15-20(19)27-24(29)33)22(30)26-16-18-7-5-10-25-21(18)28-11-3-2-4-12-28/h5,7-10,15H,2-4,6,11-14,16H2,1H3,(H,26,30)(H,27,33). The number of fused-ring (bicyclic) bond motifs is 1. The summed E-state index contributed by atoms with van der Waals surface area (Å²) in [6.07, 6.45) is 6.05. The van der Waals surface area contributed by atoms with E-state index in [9.17, 15) is 9.59 Å². The number of nitrogens with one attached hydrogen (secondary N) is 2. The molecule has 1 aromatic carbocycles. The molecule has 0 bridgehead atoms. The van der Waals surface area contributed by atoms with Crippen molar-refractivity contribution < 1.29 is 9.53 Å². The number of methoxy groups -OCH3 is 1. The molecule has 1 saturated heterocycles. The van der Waals surface area contributed by atoms with Crippen LogP contribution in [0.1, 0.15) is 41.6 Å². The third kappa shape index (κ3) is 5.31. The van der Waals surface area contributed by atoms with Crippen molar-refractivity contribution in [2.45, 2.75) is 38.8 Å². The highest BCUT2D eigenvalue weighted by Crippen LogP contribution is 2.21. The van der Waals surface area contributed by atoms with Gasteiger partial charge in [-0.15, -0.1) is 0 Å². The van der Waals surface area contributed by atoms with E-state index < -0.39 is 0 Å². The molecule has 1 aliphatic rings. The Morgan fingerprint density at radius 3 is 2.85 bits per heavy atom. The largest absolute Gasteiger partial charge is 0.385 e. The quantitative estimate of drug-likeness (QED) is 0.390. The maximum absolute atomic E-state index is 12.9. The maximum Gasteiger partial charge on any atom is 0.262 e. The number of aromatic amines is 1. The molecule has 4 rings (SSSR count). The lowest BCUT2D eigenvalue weighted by Gasteiger charge is -2.29. The van der Waals surface area contributed by atoms with Gasteiger partial charge in [-0.25, -0.2) is 4.98 Å². The first-order valence-electron chi connectivity index (χ1n) is 11.3. The van der Waals surface area contributed by atoms with Crippen molar-refractivity contribution in [2.75, 3.05) is 31.7 Å². The molecule has 8 nitrogen and oxygen atoms in total. The molecule has 0 unspecified atom stereocenters. The van der Waals surface area contributed by atoms with E-state index in [1.807, 2.05) is 12.1 Å². The van der Waals surface area contributed by atoms with Crippen LogP contribution in [-0.4, -0.2) is 47.2 Å². The van der Waals surface area contributed by atoms with E-state index >= 15 is 0 Å². The molecule has 174 valence electrons. The lowest BCUT2D eigenvalue weighted by atomic mass is 10.1. The lowest BCUT2D eigenvalue weighted by molar-refractivity contribution is 0.0951. The van der Waals surface area contributed by atoms with Crippen molar-refractivity contribution in [1.29, 1.82) is 0 Å². The van der Waals surface area contributed by atoms with Crippen LogP contribution in [0.15, 0.2) is 41.3 Å². The molecule has 0 spiro atoms. The second kappa shape index (κ2) is 10.7. The number of hydrogen-bond donors (Lipinski definition) is 2. The average molecular weight is 468 g/mol. The van der Waals surface area contributed by atoms with Gasteiger partial charge in [-0.2, -0.15) is 0 Å². The minimum Gasteiger partial charge on any atom is -0.385 e. The zero-order valence-corrected chi connectivity index (χ0v) is 19.6. The first kappa shape index (κ1) is 23.1. The number of amides is 1. The van der Waals surface area contributed by atoms with Crippen LogP contribution in [0.25, 0.3) is 10.9 Å². The summed E-state index contributed by atoms with van der Waals surface area (Å²) in [6, 6.07) is 8.91. The third-order valence-corrected chi connectivity index (χ3v) is 6.26. The molecular weight excluding hydrogens is 438 g/mol. The van der Waals surface area contributed by atoms with E-state index in [0.29, 0.717) is 47.4 Å². The number of pyridine rings is 1. The Kier molecular flexibility index (Phi) is 7.51. The predicted octanol–water partition coefficient (Wildman–Crippen LogP) is 3.41. The predicted molar refractivity (Wildman–Crippen MR) is 131 cm³/mol. The summed E-state index contributed by atoms with van der Waals surface area (Å²) in [5, 5.41) is 3.49. The minimum absolute atomic E-state index is 0.168. The number of piperidine rings is 1. The highest BCUT2D eigenvalue weighted by Gasteiger charge is 2.16. The maximum atomic E-state index is 12.9. The molecule has 1 fully saturated rings. The van der Waals surface area contributed by atoms with E-state index in [-0.39, 0.29) is 11.5 Å². The van der Waals surface area contributed by atoms with Crippen molar-refractivity contribution in [1.82, 2.24) is 19.9 Å². The highest BCUT2D eigenvalue weighted by molar-refractivity contribution is 7.71. The monoisotopic (exact) mass is 467 g/mol. The second-order valence-electron chi connectivity index (χ2n) is 8.21. The average Bonchev–Trinajstić information content (AvgIpc) is 2.85. The van der Waals surface area contributed by atoms with E-state index in [2.05, 4.69) is 20.2 Å². The summed E-state index contributed by atoms with van der Waals surface area (Å²) in [4.78, 5) is 35.7. The van der Waals surface area contributed by atoms with E-state index in [0.717, 1.165) is 37.3 Å². The SMILES string of the molecule is COCCCn1c(=S)[nH]c2cc(C(=O)NCc3cccnc3N3CCCCC3)ccc2c1=O. The van der Waals surface area contributed by atoms with Crippen LogP contribution in [0.5, 0.6) is 0 Å². The highest BCUT2D eigenvalue weighted by atomic mass is 32.1. The smallest absolute Gasteiger partial charge is 0.262 e. The molecular formula is C24H29N5O3S. The Balaban J connectivity index is 1.51. The number of carbonyl (C=O) groups excluding carboxylic acids is 1. The molecule has 0 radical (unpaired) electrons. The molecule has 2 aromatic heterocycles. The molecule has 0 atom stereocenters. The molecule has 33 heavy (non-hydrogen) atoms. The number of hydrogen-bond acceptors (Lipinski definition) is 6. The van der Waals surface area contributed by atoms with Gasteiger partial charge in [0.2, 0.25) is 0 Å². The van der Waals surface area contributed by atoms with Crippen LogP contribution in [0.2, 0.25) is 0 Å². The molecule has 3 heterocycles. The van der Waals surface area contributed by atoms with Crippen LogP contribution in [-0.2, 0) is 17.8 Å². The number of rotatable bonds is 8. The number of carbonyl (C=O) groups is 1. The Hall–Kier alpha value is -3.04. The summed E-state index contributed by atoms with van der Waals surface area (Å²) >= 11 is 5.37. The number of benzene rings is 1. The lowest BCUT2D eigenvalue weighted by Crippen LogP contribution is -2.32. The van der Waals surface area contributed by atoms with Crippen molar-refractivity contribution in [3.05, 3.63) is 62.8 Å². The van der Waals surface area contributed by atoms with Gasteiger partial charge in [0.05, 0.1) is 10.9 Å². The molecule has 1 amide bonds. The number of aromatic nitrogens is 3. The molecule has 3 aromatic rings. The van der Waals surface area contributed by atoms with Gasteiger partial charge < -0.3 is 19.9 Å². The van der Waals surface area contributed by atoms with Gasteiger partial charge in [-0.1, -0.05) is 6.07 Å². The van der Waals surface area contributed by atoms with Gasteiger partial charge in [0.1, 0.15) is 5.82 Å². The fourth-order valence-corrected chi connectivity index (χ4v) is 4.49. The summed E-state index contributed by atoms with van der Waals surface area (Å²) in [7, 11) is 1.62. The number of H-pyrrole nitrogens is 1. The van der Waals surface area contributed by atoms with Gasteiger partial charge in [0, 0.05) is 57.2 Å². The van der Waals surface area contributed by atoms with Gasteiger partial charge in [0.25, 0.3) is 11.5 Å². The summed E-state index contributed by atoms with van der Waals surface area (Å²) in [5.74, 6) is 0.725. The van der Waals surface area contributed by atoms with Crippen LogP contribution in [0.4, 0.5) is 5.82 Å². The molecule has 2 N–H and O–H groups in total. The Morgan fingerprint density at radius 1 is 1.24 bits per heavy atom. The molecule has 0 saturated carbocycles. The summed E-state index contributed by atoms with van der Waals surface area (Å²) in [6.45, 7) is 3.39. The summed E-state index contributed by atoms with van der Waals surface area (Å²) in [5.41, 5.74) is 1.84. The number of anilines is 1. The third-order valence-electron chi connectivity index (χ3n) is 5.94. The summed E-state index contributed by atoms with van der Waals surface area (Å²) < 4.78 is 6.92. The van der Waals surface area contributed by atoms with E-state index in [1.54, 1.807) is 31.5 Å². The van der Waals surface area contributed by atoms with Gasteiger partial charge >= 0.3 is 0 Å². The van der Waals surface area contributed by atoms with E-state index in [1.165, 1.54) is 11.0 Å². The second-order valence-corrected chi connectivity index (χ2v) is 8.60. The van der Waals surface area contributed by atoms with Crippen LogP contribution >= 0.6 is 12.2 Å². The number of ether oxygens (including phenoxy) is 1. The zero-order valence-electron chi connectivity index (χ0n) is 18.8. The topological polar surface area (TPSA) is 92.2 Å². The minimum atomic E-state index is -0.214. The molecule has 1 aliphatic heterocycles.